The van der Waals surface area contributed by atoms with Crippen LogP contribution in [-0.4, -0.2) is 13.1 Å². The molecule has 12 heavy (non-hydrogen) atoms. The summed E-state index contributed by atoms with van der Waals surface area (Å²) >= 11 is 0. The molecule has 0 aliphatic heterocycles. The summed E-state index contributed by atoms with van der Waals surface area (Å²) in [5.74, 6) is 0. The van der Waals surface area contributed by atoms with Crippen LogP contribution in [0.4, 0.5) is 0 Å². The lowest BCUT2D eigenvalue weighted by Crippen LogP contribution is -2.11. The van der Waals surface area contributed by atoms with Crippen molar-refractivity contribution in [3.05, 3.63) is 12.2 Å². The monoisotopic (exact) mass is 175 g/mol. The fraction of sp³-hybridized carbons (Fsp3) is 0.818. The summed E-state index contributed by atoms with van der Waals surface area (Å²) < 4.78 is 0. The smallest absolute Gasteiger partial charge is 0.0134 e. The molecular formula is C11H29N. The highest BCUT2D eigenvalue weighted by atomic mass is 14.8. The van der Waals surface area contributed by atoms with Crippen molar-refractivity contribution in [2.75, 3.05) is 13.1 Å². The summed E-state index contributed by atoms with van der Waals surface area (Å²) in [5.41, 5.74) is 0. The molecule has 0 saturated heterocycles. The molecule has 0 bridgehead atoms. The van der Waals surface area contributed by atoms with E-state index in [4.69, 9.17) is 0 Å². The quantitative estimate of drug-likeness (QED) is 0.505. The average molecular weight is 175 g/mol. The average Bonchev–Trinajstić information content (AvgIpc) is 2.19. The van der Waals surface area contributed by atoms with Gasteiger partial charge in [-0.3, -0.25) is 0 Å². The van der Waals surface area contributed by atoms with Gasteiger partial charge in [-0.25, -0.2) is 0 Å². The molecule has 1 nitrogen and oxygen atoms in total. The number of hydrogen-bond donors (Lipinski definition) is 1. The minimum atomic E-state index is 0. The normalized spacial score (nSPS) is 8.17. The number of hydrogen-bond acceptors (Lipinski definition) is 1. The molecule has 0 spiro atoms. The van der Waals surface area contributed by atoms with Gasteiger partial charge < -0.3 is 5.32 Å². The van der Waals surface area contributed by atoms with E-state index < -0.39 is 0 Å². The molecule has 0 heterocycles. The Balaban J connectivity index is -0.0000000712. The van der Waals surface area contributed by atoms with Gasteiger partial charge in [-0.05, 0) is 13.0 Å². The van der Waals surface area contributed by atoms with Gasteiger partial charge in [0.1, 0.15) is 0 Å². The van der Waals surface area contributed by atoms with E-state index in [-0.39, 0.29) is 1.43 Å². The molecule has 0 aromatic carbocycles. The largest absolute Gasteiger partial charge is 0.314 e. The standard InChI is InChI=1S/C7H15N.2C2H6.H2/c1-3-5-6-7-8-4-2;2*1-2;/h5-6,8H,3-4,7H2,1-2H3;2*1-2H3;1H/b6-5-;;;. The van der Waals surface area contributed by atoms with Crippen LogP contribution in [0.5, 0.6) is 0 Å². The van der Waals surface area contributed by atoms with Gasteiger partial charge in [0.05, 0.1) is 0 Å². The van der Waals surface area contributed by atoms with E-state index in [0.29, 0.717) is 0 Å². The highest BCUT2D eigenvalue weighted by Crippen LogP contribution is 1.75. The van der Waals surface area contributed by atoms with Crippen molar-refractivity contribution in [2.24, 2.45) is 0 Å². The van der Waals surface area contributed by atoms with Crippen LogP contribution in [0.25, 0.3) is 0 Å². The van der Waals surface area contributed by atoms with Crippen molar-refractivity contribution in [3.8, 4) is 0 Å². The van der Waals surface area contributed by atoms with Gasteiger partial charge in [0, 0.05) is 7.97 Å². The van der Waals surface area contributed by atoms with Crippen molar-refractivity contribution >= 4 is 0 Å². The Morgan fingerprint density at radius 1 is 1.00 bits per heavy atom. The molecule has 0 aromatic rings. The molecule has 0 atom stereocenters. The Morgan fingerprint density at radius 3 is 1.83 bits per heavy atom. The Kier molecular flexibility index (Phi) is 45.7. The molecule has 0 saturated carbocycles. The maximum atomic E-state index is 3.20. The zero-order chi connectivity index (χ0) is 10.2. The van der Waals surface area contributed by atoms with Crippen LogP contribution < -0.4 is 5.32 Å². The predicted octanol–water partition coefficient (Wildman–Crippen LogP) is 3.86. The van der Waals surface area contributed by atoms with Crippen molar-refractivity contribution < 1.29 is 1.43 Å². The van der Waals surface area contributed by atoms with Crippen LogP contribution in [0.2, 0.25) is 0 Å². The van der Waals surface area contributed by atoms with Crippen molar-refractivity contribution in [3.63, 3.8) is 0 Å². The first-order chi connectivity index (χ1) is 5.91. The molecule has 0 radical (unpaired) electrons. The van der Waals surface area contributed by atoms with E-state index in [2.05, 4.69) is 31.3 Å². The zero-order valence-corrected chi connectivity index (χ0v) is 9.78. The second-order valence-corrected chi connectivity index (χ2v) is 1.69. The van der Waals surface area contributed by atoms with E-state index in [0.717, 1.165) is 19.5 Å². The first kappa shape index (κ1) is 17.7. The van der Waals surface area contributed by atoms with Crippen LogP contribution >= 0.6 is 0 Å². The molecule has 0 amide bonds. The van der Waals surface area contributed by atoms with Crippen LogP contribution in [-0.2, 0) is 0 Å². The molecule has 78 valence electrons. The van der Waals surface area contributed by atoms with Gasteiger partial charge in [-0.15, -0.1) is 0 Å². The van der Waals surface area contributed by atoms with Crippen LogP contribution in [0.3, 0.4) is 0 Å². The molecule has 0 fully saturated rings. The van der Waals surface area contributed by atoms with E-state index in [1.165, 1.54) is 0 Å². The number of allylic oxidation sites excluding steroid dienone is 1. The third kappa shape index (κ3) is 33.2. The van der Waals surface area contributed by atoms with Crippen LogP contribution in [0.15, 0.2) is 12.2 Å². The van der Waals surface area contributed by atoms with Gasteiger partial charge in [0.2, 0.25) is 0 Å². The van der Waals surface area contributed by atoms with Crippen LogP contribution in [0, 0.1) is 0 Å². The Morgan fingerprint density at radius 2 is 1.50 bits per heavy atom. The van der Waals surface area contributed by atoms with E-state index >= 15 is 0 Å². The molecule has 1 N–H and O–H groups in total. The lowest BCUT2D eigenvalue weighted by Gasteiger charge is -1.90. The van der Waals surface area contributed by atoms with Gasteiger partial charge in [-0.1, -0.05) is 53.7 Å². The second-order valence-electron chi connectivity index (χ2n) is 1.69. The summed E-state index contributed by atoms with van der Waals surface area (Å²) in [5, 5.41) is 3.20. The summed E-state index contributed by atoms with van der Waals surface area (Å²) in [6, 6.07) is 0. The van der Waals surface area contributed by atoms with Crippen molar-refractivity contribution in [1.29, 1.82) is 0 Å². The molecule has 0 aromatic heterocycles. The van der Waals surface area contributed by atoms with E-state index in [9.17, 15) is 0 Å². The predicted molar refractivity (Wildman–Crippen MR) is 62.8 cm³/mol. The SMILES string of the molecule is CC.CC.CC/C=C\CNCC.[HH]. The highest BCUT2D eigenvalue weighted by molar-refractivity contribution is 4.81. The first-order valence-corrected chi connectivity index (χ1v) is 5.27. The van der Waals surface area contributed by atoms with Crippen LogP contribution in [0.1, 0.15) is 49.4 Å². The van der Waals surface area contributed by atoms with E-state index in [1.807, 2.05) is 27.7 Å². The molecule has 0 aliphatic carbocycles. The van der Waals surface area contributed by atoms with Gasteiger partial charge >= 0.3 is 0 Å². The Hall–Kier alpha value is -0.300. The molecule has 0 unspecified atom stereocenters. The summed E-state index contributed by atoms with van der Waals surface area (Å²) in [4.78, 5) is 0. The Labute approximate surface area is 80.7 Å². The topological polar surface area (TPSA) is 12.0 Å². The number of rotatable bonds is 4. The number of nitrogens with one attached hydrogen (secondary N) is 1. The molecule has 0 rings (SSSR count). The molecule has 1 heteroatoms. The highest BCUT2D eigenvalue weighted by Gasteiger charge is 1.70. The van der Waals surface area contributed by atoms with Crippen molar-refractivity contribution in [1.82, 2.24) is 5.32 Å². The fourth-order valence-electron chi connectivity index (χ4n) is 0.478. The lowest BCUT2D eigenvalue weighted by atomic mass is 10.4. The first-order valence-electron chi connectivity index (χ1n) is 5.27. The summed E-state index contributed by atoms with van der Waals surface area (Å²) in [6.07, 6.45) is 5.47. The lowest BCUT2D eigenvalue weighted by molar-refractivity contribution is 0.797. The third-order valence-electron chi connectivity index (χ3n) is 0.915. The summed E-state index contributed by atoms with van der Waals surface area (Å²) in [6.45, 7) is 14.3. The third-order valence-corrected chi connectivity index (χ3v) is 0.915. The minimum absolute atomic E-state index is 0. The maximum Gasteiger partial charge on any atom is 0.0134 e. The minimum Gasteiger partial charge on any atom is -0.314 e. The zero-order valence-electron chi connectivity index (χ0n) is 9.78. The van der Waals surface area contributed by atoms with Gasteiger partial charge in [0.15, 0.2) is 0 Å². The molecule has 0 aliphatic rings. The fourth-order valence-corrected chi connectivity index (χ4v) is 0.478. The maximum absolute atomic E-state index is 3.20. The van der Waals surface area contributed by atoms with Gasteiger partial charge in [-0.2, -0.15) is 0 Å². The Bertz CT molecular complexity index is 63.1. The van der Waals surface area contributed by atoms with Gasteiger partial charge in [0.25, 0.3) is 0 Å². The van der Waals surface area contributed by atoms with Crippen molar-refractivity contribution in [2.45, 2.75) is 48.0 Å². The molecular weight excluding hydrogens is 146 g/mol. The second kappa shape index (κ2) is 31.0. The number of likely N-dealkylation sites (N-methyl/N-ethyl adjacent to an activating group) is 1. The summed E-state index contributed by atoms with van der Waals surface area (Å²) in [7, 11) is 0. The van der Waals surface area contributed by atoms with E-state index in [1.54, 1.807) is 0 Å².